The van der Waals surface area contributed by atoms with Crippen molar-refractivity contribution in [3.63, 3.8) is 0 Å². The molecule has 172 valence electrons. The Morgan fingerprint density at radius 1 is 1.09 bits per heavy atom. The molecule has 1 aromatic heterocycles. The molecule has 34 heavy (non-hydrogen) atoms. The zero-order chi connectivity index (χ0) is 24.2. The Balaban J connectivity index is 1.87. The Morgan fingerprint density at radius 3 is 2.56 bits per heavy atom. The first-order valence-electron chi connectivity index (χ1n) is 10.7. The van der Waals surface area contributed by atoms with Gasteiger partial charge in [0.25, 0.3) is 11.7 Å². The lowest BCUT2D eigenvalue weighted by molar-refractivity contribution is -0.132. The van der Waals surface area contributed by atoms with E-state index in [2.05, 4.69) is 4.98 Å². The second-order valence-electron chi connectivity index (χ2n) is 7.65. The van der Waals surface area contributed by atoms with Crippen LogP contribution in [0.15, 0.2) is 78.6 Å². The smallest absolute Gasteiger partial charge is 0.338 e. The quantitative estimate of drug-likeness (QED) is 0.234. The highest BCUT2D eigenvalue weighted by molar-refractivity contribution is 6.51. The van der Waals surface area contributed by atoms with Gasteiger partial charge in [0.05, 0.1) is 23.8 Å². The average molecular weight is 477 g/mol. The van der Waals surface area contributed by atoms with Gasteiger partial charge in [0.2, 0.25) is 0 Å². The molecule has 0 saturated carbocycles. The third-order valence-electron chi connectivity index (χ3n) is 5.34. The van der Waals surface area contributed by atoms with Crippen LogP contribution in [0.25, 0.3) is 5.76 Å². The molecule has 0 radical (unpaired) electrons. The third-order valence-corrected chi connectivity index (χ3v) is 5.58. The molecule has 3 aromatic rings. The molecule has 1 aliphatic rings. The van der Waals surface area contributed by atoms with Crippen LogP contribution in [-0.2, 0) is 14.3 Å². The maximum atomic E-state index is 13.2. The van der Waals surface area contributed by atoms with Gasteiger partial charge in [-0.15, -0.1) is 0 Å². The van der Waals surface area contributed by atoms with E-state index < -0.39 is 23.7 Å². The number of aromatic nitrogens is 1. The van der Waals surface area contributed by atoms with Gasteiger partial charge < -0.3 is 9.84 Å². The Labute approximate surface area is 201 Å². The molecule has 8 heteroatoms. The van der Waals surface area contributed by atoms with Crippen molar-refractivity contribution in [2.75, 3.05) is 11.5 Å². The van der Waals surface area contributed by atoms with E-state index in [9.17, 15) is 19.5 Å². The van der Waals surface area contributed by atoms with Crippen LogP contribution >= 0.6 is 11.6 Å². The van der Waals surface area contributed by atoms with Gasteiger partial charge in [-0.05, 0) is 48.4 Å². The van der Waals surface area contributed by atoms with Gasteiger partial charge in [0.15, 0.2) is 0 Å². The van der Waals surface area contributed by atoms with Gasteiger partial charge in [-0.3, -0.25) is 19.5 Å². The molecule has 0 bridgehead atoms. The second-order valence-corrected chi connectivity index (χ2v) is 8.09. The molecule has 1 aliphatic heterocycles. The predicted octanol–water partition coefficient (Wildman–Crippen LogP) is 4.93. The number of carbonyl (C=O) groups is 3. The van der Waals surface area contributed by atoms with Crippen LogP contribution in [0.3, 0.4) is 0 Å². The molecule has 4 rings (SSSR count). The van der Waals surface area contributed by atoms with Gasteiger partial charge in [-0.25, -0.2) is 4.79 Å². The zero-order valence-corrected chi connectivity index (χ0v) is 19.0. The molecule has 2 heterocycles. The average Bonchev–Trinajstić information content (AvgIpc) is 3.13. The van der Waals surface area contributed by atoms with Crippen molar-refractivity contribution in [3.8, 4) is 0 Å². The molecule has 7 nitrogen and oxygen atoms in total. The lowest BCUT2D eigenvalue weighted by Gasteiger charge is -2.25. The summed E-state index contributed by atoms with van der Waals surface area (Å²) in [6, 6.07) is 15.1. The number of ether oxygens (including phenoxy) is 1. The fraction of sp³-hybridized carbons (Fsp3) is 0.154. The maximum absolute atomic E-state index is 13.2. The number of hydrogen-bond acceptors (Lipinski definition) is 6. The molecule has 1 saturated heterocycles. The minimum absolute atomic E-state index is 0.0979. The number of amides is 1. The SMILES string of the molecule is CCCOC(=O)c1cccc(N2C(=O)C(=O)/C(=C(/O)c3cccc(Cl)c3)C2c2cccnc2)c1. The van der Waals surface area contributed by atoms with Crippen LogP contribution < -0.4 is 4.90 Å². The summed E-state index contributed by atoms with van der Waals surface area (Å²) < 4.78 is 5.20. The third kappa shape index (κ3) is 4.43. The van der Waals surface area contributed by atoms with Gasteiger partial charge in [-0.2, -0.15) is 0 Å². The number of rotatable bonds is 6. The summed E-state index contributed by atoms with van der Waals surface area (Å²) in [5.74, 6) is -2.57. The Bertz CT molecular complexity index is 1290. The van der Waals surface area contributed by atoms with E-state index in [-0.39, 0.29) is 23.5 Å². The normalized spacial score (nSPS) is 17.1. The Hall–Kier alpha value is -3.97. The summed E-state index contributed by atoms with van der Waals surface area (Å²) in [5.41, 5.74) is 1.28. The summed E-state index contributed by atoms with van der Waals surface area (Å²) in [7, 11) is 0. The van der Waals surface area contributed by atoms with E-state index in [1.165, 1.54) is 23.2 Å². The van der Waals surface area contributed by atoms with Crippen LogP contribution in [0.2, 0.25) is 5.02 Å². The van der Waals surface area contributed by atoms with Gasteiger partial charge in [-0.1, -0.05) is 42.8 Å². The largest absolute Gasteiger partial charge is 0.507 e. The number of pyridine rings is 1. The molecule has 0 spiro atoms. The van der Waals surface area contributed by atoms with Crippen molar-refractivity contribution in [2.45, 2.75) is 19.4 Å². The molecule has 0 aliphatic carbocycles. The number of aliphatic hydroxyl groups excluding tert-OH is 1. The van der Waals surface area contributed by atoms with E-state index in [1.807, 2.05) is 6.92 Å². The van der Waals surface area contributed by atoms with Gasteiger partial charge >= 0.3 is 5.97 Å². The van der Waals surface area contributed by atoms with Crippen molar-refractivity contribution >= 4 is 40.7 Å². The topological polar surface area (TPSA) is 96.8 Å². The maximum Gasteiger partial charge on any atom is 0.338 e. The number of Topliss-reactive ketones (excluding diaryl/α,β-unsaturated/α-hetero) is 1. The first-order chi connectivity index (χ1) is 16.4. The van der Waals surface area contributed by atoms with E-state index in [4.69, 9.17) is 16.3 Å². The molecular formula is C26H21ClN2O5. The Kier molecular flexibility index (Phi) is 6.75. The van der Waals surface area contributed by atoms with Crippen molar-refractivity contribution < 1.29 is 24.2 Å². The highest BCUT2D eigenvalue weighted by Crippen LogP contribution is 2.42. The molecule has 1 amide bonds. The van der Waals surface area contributed by atoms with Crippen molar-refractivity contribution in [2.24, 2.45) is 0 Å². The number of hydrogen-bond donors (Lipinski definition) is 1. The van der Waals surface area contributed by atoms with Crippen LogP contribution in [0.4, 0.5) is 5.69 Å². The van der Waals surface area contributed by atoms with Crippen LogP contribution in [0, 0.1) is 0 Å². The van der Waals surface area contributed by atoms with E-state index in [0.29, 0.717) is 28.3 Å². The monoisotopic (exact) mass is 476 g/mol. The molecular weight excluding hydrogens is 456 g/mol. The van der Waals surface area contributed by atoms with E-state index in [1.54, 1.807) is 54.7 Å². The molecule has 1 unspecified atom stereocenters. The second kappa shape index (κ2) is 9.89. The lowest BCUT2D eigenvalue weighted by Crippen LogP contribution is -2.29. The first-order valence-corrected chi connectivity index (χ1v) is 11.0. The zero-order valence-electron chi connectivity index (χ0n) is 18.3. The summed E-state index contributed by atoms with van der Waals surface area (Å²) in [4.78, 5) is 44.2. The number of ketones is 1. The highest BCUT2D eigenvalue weighted by Gasteiger charge is 2.47. The minimum atomic E-state index is -0.963. The van der Waals surface area contributed by atoms with Crippen LogP contribution in [0.1, 0.15) is 40.9 Å². The summed E-state index contributed by atoms with van der Waals surface area (Å²) in [6.07, 6.45) is 3.76. The number of nitrogens with zero attached hydrogens (tertiary/aromatic N) is 2. The van der Waals surface area contributed by atoms with E-state index >= 15 is 0 Å². The lowest BCUT2D eigenvalue weighted by atomic mass is 9.96. The fourth-order valence-electron chi connectivity index (χ4n) is 3.80. The highest BCUT2D eigenvalue weighted by atomic mass is 35.5. The first kappa shape index (κ1) is 23.2. The molecule has 1 fully saturated rings. The molecule has 2 aromatic carbocycles. The number of anilines is 1. The molecule has 1 N–H and O–H groups in total. The summed E-state index contributed by atoms with van der Waals surface area (Å²) in [6.45, 7) is 2.15. The fourth-order valence-corrected chi connectivity index (χ4v) is 3.99. The van der Waals surface area contributed by atoms with Gasteiger partial charge in [0.1, 0.15) is 5.76 Å². The van der Waals surface area contributed by atoms with Crippen molar-refractivity contribution in [1.82, 2.24) is 4.98 Å². The number of aliphatic hydroxyl groups is 1. The number of carbonyl (C=O) groups excluding carboxylic acids is 3. The summed E-state index contributed by atoms with van der Waals surface area (Å²) >= 11 is 6.07. The van der Waals surface area contributed by atoms with Crippen LogP contribution in [0.5, 0.6) is 0 Å². The standard InChI is InChI=1S/C26H21ClN2O5/c1-2-12-34-26(33)17-7-4-10-20(14-17)29-22(18-8-5-11-28-15-18)21(24(31)25(29)32)23(30)16-6-3-9-19(27)13-16/h3-11,13-15,22,30H,2,12H2,1H3/b23-21+. The molecule has 1 atom stereocenters. The number of esters is 1. The van der Waals surface area contributed by atoms with Crippen molar-refractivity contribution in [3.05, 3.63) is 100 Å². The minimum Gasteiger partial charge on any atom is -0.507 e. The number of halogens is 1. The van der Waals surface area contributed by atoms with Crippen molar-refractivity contribution in [1.29, 1.82) is 0 Å². The Morgan fingerprint density at radius 2 is 1.85 bits per heavy atom. The predicted molar refractivity (Wildman–Crippen MR) is 127 cm³/mol. The van der Waals surface area contributed by atoms with E-state index in [0.717, 1.165) is 0 Å². The summed E-state index contributed by atoms with van der Waals surface area (Å²) in [5, 5.41) is 11.5. The van der Waals surface area contributed by atoms with Crippen LogP contribution in [-0.4, -0.2) is 34.4 Å². The van der Waals surface area contributed by atoms with Gasteiger partial charge in [0, 0.05) is 28.7 Å². The number of benzene rings is 2.